The van der Waals surface area contributed by atoms with Crippen LogP contribution in [0.4, 0.5) is 0 Å². The molecule has 0 atom stereocenters. The second kappa shape index (κ2) is 45.1. The summed E-state index contributed by atoms with van der Waals surface area (Å²) in [6, 6.07) is 95.6. The first-order chi connectivity index (χ1) is 52.0. The van der Waals surface area contributed by atoms with Crippen LogP contribution in [0.2, 0.25) is 0 Å². The minimum absolute atomic E-state index is 0.168. The first kappa shape index (κ1) is 81.1. The molecule has 0 heterocycles. The molecule has 0 amide bonds. The molecular weight excluding hydrogens is 1390 g/mol. The van der Waals surface area contributed by atoms with Gasteiger partial charge in [-0.05, 0) is 104 Å². The molecule has 107 heavy (non-hydrogen) atoms. The lowest BCUT2D eigenvalue weighted by Crippen LogP contribution is -2.20. The highest BCUT2D eigenvalue weighted by Gasteiger charge is 2.20. The van der Waals surface area contributed by atoms with Gasteiger partial charge in [-0.1, -0.05) is 317 Å². The number of carbonyl (C=O) groups excluding carboxylic acids is 6. The van der Waals surface area contributed by atoms with Crippen LogP contribution in [-0.4, -0.2) is 82.3 Å². The smallest absolute Gasteiger partial charge is 0.316 e. The molecule has 0 aliphatic rings. The molecule has 540 valence electrons. The van der Waals surface area contributed by atoms with Gasteiger partial charge in [0.25, 0.3) is 0 Å². The zero-order valence-electron chi connectivity index (χ0n) is 59.4. The molecule has 0 saturated carbocycles. The molecule has 20 heteroatoms. The summed E-state index contributed by atoms with van der Waals surface area (Å²) in [5, 5.41) is 23.5. The number of oxime groups is 6. The highest BCUT2D eigenvalue weighted by Crippen LogP contribution is 2.20. The highest BCUT2D eigenvalue weighted by atomic mass is 35.5. The summed E-state index contributed by atoms with van der Waals surface area (Å²) >= 11 is 10.9. The van der Waals surface area contributed by atoms with E-state index >= 15 is 0 Å². The normalized spacial score (nSPS) is 11.0. The summed E-state index contributed by atoms with van der Waals surface area (Å²) < 4.78 is 0. The van der Waals surface area contributed by atoms with Crippen LogP contribution in [0.1, 0.15) is 118 Å². The predicted molar refractivity (Wildman–Crippen MR) is 420 cm³/mol. The molecule has 0 spiro atoms. The zero-order chi connectivity index (χ0) is 76.4. The van der Waals surface area contributed by atoms with Crippen molar-refractivity contribution in [2.75, 3.05) is 11.8 Å². The van der Waals surface area contributed by atoms with Crippen molar-refractivity contribution >= 4 is 93.8 Å². The SMILES string of the molecule is C/C(=N\OC(=O)c1ccccc1)c1c(C)cc(C)cc1C.CC(C)/C(=N\OC(=O)c1ccccc1)c1ccccc1.O=C(CCl)O/N=C(\C(=N/OC(=O)CCl)c1ccccc1)c1ccccc1.O=C(O/N=C/c1ccccc1)c1ccccc1.O=C(ON=C(c1ccccc1)c1ccccc1)c1ccccc1. The lowest BCUT2D eigenvalue weighted by Gasteiger charge is -2.10. The van der Waals surface area contributed by atoms with Crippen LogP contribution in [-0.2, 0) is 38.6 Å². The Hall–Kier alpha value is -13.2. The number of hydrogen-bond donors (Lipinski definition) is 0. The molecule has 0 fully saturated rings. The van der Waals surface area contributed by atoms with Crippen molar-refractivity contribution < 1.29 is 57.8 Å². The molecule has 0 aliphatic heterocycles. The van der Waals surface area contributed by atoms with Crippen LogP contribution in [0, 0.1) is 26.7 Å². The molecule has 18 nitrogen and oxygen atoms in total. The Morgan fingerprint density at radius 2 is 0.617 bits per heavy atom. The molecule has 0 aromatic heterocycles. The van der Waals surface area contributed by atoms with Crippen LogP contribution >= 0.6 is 23.2 Å². The van der Waals surface area contributed by atoms with Gasteiger partial charge in [0.1, 0.15) is 28.9 Å². The van der Waals surface area contributed by atoms with Gasteiger partial charge >= 0.3 is 35.8 Å². The Labute approximate surface area is 631 Å². The van der Waals surface area contributed by atoms with Gasteiger partial charge in [-0.25, -0.2) is 28.8 Å². The van der Waals surface area contributed by atoms with E-state index in [2.05, 4.69) is 50.0 Å². The average molecular weight is 1470 g/mol. The fourth-order valence-electron chi connectivity index (χ4n) is 9.73. The number of carbonyl (C=O) groups is 6. The molecule has 0 bridgehead atoms. The number of halogens is 2. The third kappa shape index (κ3) is 27.9. The van der Waals surface area contributed by atoms with Gasteiger partial charge in [-0.15, -0.1) is 23.2 Å². The molecule has 11 aromatic rings. The van der Waals surface area contributed by atoms with E-state index in [-0.39, 0.29) is 29.1 Å². The fraction of sp³-hybridized carbons (Fsp3) is 0.103. The summed E-state index contributed by atoms with van der Waals surface area (Å²) in [4.78, 5) is 99.8. The monoisotopic (exact) mass is 1470 g/mol. The molecule has 0 unspecified atom stereocenters. The maximum absolute atomic E-state index is 12.1. The Morgan fingerprint density at radius 3 is 0.944 bits per heavy atom. The zero-order valence-corrected chi connectivity index (χ0v) is 60.9. The van der Waals surface area contributed by atoms with Gasteiger partial charge in [0.15, 0.2) is 0 Å². The second-order valence-electron chi connectivity index (χ2n) is 23.0. The van der Waals surface area contributed by atoms with Gasteiger partial charge in [0.2, 0.25) is 0 Å². The number of rotatable bonds is 21. The molecule has 0 N–H and O–H groups in total. The summed E-state index contributed by atoms with van der Waals surface area (Å²) in [5.74, 6) is -3.84. The molecular formula is C87H76Cl2N6O12. The molecule has 0 aliphatic carbocycles. The van der Waals surface area contributed by atoms with Gasteiger partial charge in [0, 0.05) is 27.8 Å². The highest BCUT2D eigenvalue weighted by molar-refractivity contribution is 6.53. The number of hydrogen-bond acceptors (Lipinski definition) is 18. The van der Waals surface area contributed by atoms with Crippen molar-refractivity contribution in [3.8, 4) is 0 Å². The van der Waals surface area contributed by atoms with E-state index in [1.807, 2.05) is 192 Å². The van der Waals surface area contributed by atoms with Gasteiger partial charge in [-0.2, -0.15) is 0 Å². The van der Waals surface area contributed by atoms with Crippen molar-refractivity contribution in [2.45, 2.75) is 41.5 Å². The van der Waals surface area contributed by atoms with Gasteiger partial charge < -0.3 is 29.0 Å². The summed E-state index contributed by atoms with van der Waals surface area (Å²) in [6.07, 6.45) is 1.50. The maximum Gasteiger partial charge on any atom is 0.365 e. The van der Waals surface area contributed by atoms with Crippen LogP contribution in [0.15, 0.2) is 346 Å². The van der Waals surface area contributed by atoms with E-state index in [9.17, 15) is 28.8 Å². The maximum atomic E-state index is 12.1. The van der Waals surface area contributed by atoms with Crippen molar-refractivity contribution in [1.82, 2.24) is 0 Å². The number of nitrogens with zero attached hydrogens (tertiary/aromatic N) is 6. The van der Waals surface area contributed by atoms with Gasteiger partial charge in [0.05, 0.1) is 39.9 Å². The van der Waals surface area contributed by atoms with E-state index in [1.165, 1.54) is 11.8 Å². The van der Waals surface area contributed by atoms with E-state index < -0.39 is 35.8 Å². The van der Waals surface area contributed by atoms with Crippen LogP contribution < -0.4 is 0 Å². The van der Waals surface area contributed by atoms with E-state index in [1.54, 1.807) is 146 Å². The second-order valence-corrected chi connectivity index (χ2v) is 23.6. The first-order valence-electron chi connectivity index (χ1n) is 33.4. The summed E-state index contributed by atoms with van der Waals surface area (Å²) in [7, 11) is 0. The Balaban J connectivity index is 0.000000188. The Morgan fingerprint density at radius 1 is 0.336 bits per heavy atom. The van der Waals surface area contributed by atoms with Crippen LogP contribution in [0.3, 0.4) is 0 Å². The lowest BCUT2D eigenvalue weighted by molar-refractivity contribution is -0.141. The number of aryl methyl sites for hydroxylation is 3. The first-order valence-corrected chi connectivity index (χ1v) is 34.5. The van der Waals surface area contributed by atoms with E-state index in [0.29, 0.717) is 44.8 Å². The minimum atomic E-state index is -0.731. The topological polar surface area (TPSA) is 232 Å². The Kier molecular flexibility index (Phi) is 34.2. The van der Waals surface area contributed by atoms with Crippen molar-refractivity contribution in [1.29, 1.82) is 0 Å². The quantitative estimate of drug-likeness (QED) is 0.0283. The number of alkyl halides is 2. The molecule has 11 aromatic carbocycles. The van der Waals surface area contributed by atoms with Crippen LogP contribution in [0.25, 0.3) is 0 Å². The van der Waals surface area contributed by atoms with E-state index in [4.69, 9.17) is 52.2 Å². The van der Waals surface area contributed by atoms with Crippen molar-refractivity contribution in [3.63, 3.8) is 0 Å². The van der Waals surface area contributed by atoms with Crippen molar-refractivity contribution in [3.05, 3.63) is 393 Å². The third-order valence-electron chi connectivity index (χ3n) is 14.7. The predicted octanol–water partition coefficient (Wildman–Crippen LogP) is 18.6. The molecule has 0 radical (unpaired) electrons. The number of benzene rings is 11. The third-order valence-corrected chi connectivity index (χ3v) is 15.1. The Bertz CT molecular complexity index is 4680. The molecule has 0 saturated heterocycles. The lowest BCUT2D eigenvalue weighted by atomic mass is 9.97. The molecule has 11 rings (SSSR count). The van der Waals surface area contributed by atoms with Crippen LogP contribution in [0.5, 0.6) is 0 Å². The summed E-state index contributed by atoms with van der Waals surface area (Å²) in [5.41, 5.74) is 13.7. The largest absolute Gasteiger partial charge is 0.365 e. The fourth-order valence-corrected chi connectivity index (χ4v) is 9.83. The minimum Gasteiger partial charge on any atom is -0.316 e. The average Bonchev–Trinajstić information content (AvgIpc) is 0.838. The van der Waals surface area contributed by atoms with Gasteiger partial charge in [-0.3, -0.25) is 0 Å². The van der Waals surface area contributed by atoms with E-state index in [0.717, 1.165) is 44.7 Å². The standard InChI is InChI=1S/C20H15NO2.C18H14Cl2N2O4.C18H19NO2.C17H17NO2.C14H11NO2/c22-20(18-14-8-3-9-15-18)23-21-19(16-10-4-1-5-11-16)17-12-6-2-7-13-17;19-11-15(23)25-21-17(13-7-3-1-4-8-13)18(22-26-16(24)12-20)14-9-5-2-6-10-14;1-12-10-13(2)17(14(3)11-12)15(4)19-21-18(20)16-8-6-5-7-9-16;1-13(2)16(14-9-5-3-6-10-14)18-20-17(19)15-11-7-4-8-12-15;16-14(13-9-5-2-6-10-13)17-15-11-12-7-3-1-4-8-12/h1-15H;1-10H,11-12H2;5-11H,1-4H3;3-13H,1-2H3;1-11H/b;21-17-,22-18-;19-15+;18-16+;15-11+. The van der Waals surface area contributed by atoms with Crippen molar-refractivity contribution in [2.24, 2.45) is 36.9 Å². The summed E-state index contributed by atoms with van der Waals surface area (Å²) in [6.45, 7) is 12.0.